The third kappa shape index (κ3) is 3.78. The van der Waals surface area contributed by atoms with E-state index in [-0.39, 0.29) is 11.7 Å². The summed E-state index contributed by atoms with van der Waals surface area (Å²) in [7, 11) is 3.07. The first-order valence-corrected chi connectivity index (χ1v) is 9.21. The van der Waals surface area contributed by atoms with Crippen molar-refractivity contribution in [3.8, 4) is 11.5 Å². The maximum absolute atomic E-state index is 14.0. The number of carbonyl (C=O) groups is 1. The molecule has 0 saturated heterocycles. The van der Waals surface area contributed by atoms with Crippen LogP contribution in [0.4, 0.5) is 4.39 Å². The number of carbonyl (C=O) groups excluding carboxylic acids is 1. The molecule has 0 radical (unpaired) electrons. The van der Waals surface area contributed by atoms with Crippen LogP contribution in [0.25, 0.3) is 10.9 Å². The number of aromatic nitrogens is 1. The van der Waals surface area contributed by atoms with E-state index in [1.54, 1.807) is 31.4 Å². The van der Waals surface area contributed by atoms with Gasteiger partial charge in [-0.2, -0.15) is 0 Å². The quantitative estimate of drug-likeness (QED) is 0.605. The van der Waals surface area contributed by atoms with Gasteiger partial charge in [0.2, 0.25) is 0 Å². The van der Waals surface area contributed by atoms with E-state index in [2.05, 4.69) is 26.2 Å². The summed E-state index contributed by atoms with van der Waals surface area (Å²) in [5.41, 5.74) is 2.82. The lowest BCUT2D eigenvalue weighted by molar-refractivity contribution is 0.0953. The van der Waals surface area contributed by atoms with E-state index in [9.17, 15) is 9.18 Å². The largest absolute Gasteiger partial charge is 0.493 e. The summed E-state index contributed by atoms with van der Waals surface area (Å²) in [4.78, 5) is 15.5. The average Bonchev–Trinajstić information content (AvgIpc) is 3.01. The van der Waals surface area contributed by atoms with E-state index < -0.39 is 0 Å². The van der Waals surface area contributed by atoms with Gasteiger partial charge in [-0.15, -0.1) is 0 Å². The van der Waals surface area contributed by atoms with Crippen molar-refractivity contribution in [3.05, 3.63) is 57.4 Å². The van der Waals surface area contributed by atoms with Gasteiger partial charge in [0.25, 0.3) is 5.91 Å². The number of H-pyrrole nitrogens is 1. The van der Waals surface area contributed by atoms with Crippen LogP contribution < -0.4 is 14.8 Å². The van der Waals surface area contributed by atoms with Gasteiger partial charge < -0.3 is 19.8 Å². The predicted molar refractivity (Wildman–Crippen MR) is 106 cm³/mol. The number of aromatic amines is 1. The van der Waals surface area contributed by atoms with Crippen LogP contribution in [0.15, 0.2) is 34.8 Å². The molecule has 0 bridgehead atoms. The third-order valence-corrected chi connectivity index (χ3v) is 5.14. The smallest absolute Gasteiger partial charge is 0.251 e. The van der Waals surface area contributed by atoms with E-state index in [4.69, 9.17) is 9.47 Å². The number of ether oxygens (including phenoxy) is 2. The number of nitrogens with one attached hydrogen (secondary N) is 2. The van der Waals surface area contributed by atoms with Gasteiger partial charge >= 0.3 is 0 Å². The Kier molecular flexibility index (Phi) is 5.70. The van der Waals surface area contributed by atoms with Crippen molar-refractivity contribution < 1.29 is 18.7 Å². The number of fused-ring (bicyclic) bond motifs is 1. The standard InChI is InChI=1S/C20H20BrFN2O3/c1-11-13(18-14(21)5-6-15(22)19(18)24-11)8-9-23-20(25)12-4-7-16(26-2)17(10-12)27-3/h4-7,10,24H,8-9H2,1-3H3,(H,23,25). The molecular weight excluding hydrogens is 415 g/mol. The van der Waals surface area contributed by atoms with Crippen LogP contribution in [0.5, 0.6) is 11.5 Å². The van der Waals surface area contributed by atoms with Crippen molar-refractivity contribution in [2.45, 2.75) is 13.3 Å². The maximum Gasteiger partial charge on any atom is 0.251 e. The summed E-state index contributed by atoms with van der Waals surface area (Å²) in [5.74, 6) is 0.558. The molecule has 1 heterocycles. The molecule has 27 heavy (non-hydrogen) atoms. The molecule has 1 aromatic heterocycles. The second-order valence-electron chi connectivity index (χ2n) is 6.08. The Morgan fingerprint density at radius 1 is 1.19 bits per heavy atom. The van der Waals surface area contributed by atoms with Crippen molar-refractivity contribution in [1.29, 1.82) is 0 Å². The van der Waals surface area contributed by atoms with Crippen molar-refractivity contribution in [2.24, 2.45) is 0 Å². The minimum Gasteiger partial charge on any atom is -0.493 e. The SMILES string of the molecule is COc1ccc(C(=O)NCCc2c(C)[nH]c3c(F)ccc(Br)c23)cc1OC. The average molecular weight is 435 g/mol. The molecule has 142 valence electrons. The lowest BCUT2D eigenvalue weighted by Crippen LogP contribution is -2.25. The van der Waals surface area contributed by atoms with Crippen LogP contribution in [0.1, 0.15) is 21.6 Å². The summed E-state index contributed by atoms with van der Waals surface area (Å²) in [6.07, 6.45) is 0.576. The topological polar surface area (TPSA) is 63.3 Å². The molecular formula is C20H20BrFN2O3. The second-order valence-corrected chi connectivity index (χ2v) is 6.94. The van der Waals surface area contributed by atoms with Crippen molar-refractivity contribution >= 4 is 32.7 Å². The van der Waals surface area contributed by atoms with Crippen LogP contribution in [0, 0.1) is 12.7 Å². The molecule has 0 aliphatic rings. The number of aryl methyl sites for hydroxylation is 1. The van der Waals surface area contributed by atoms with Crippen molar-refractivity contribution in [3.63, 3.8) is 0 Å². The molecule has 5 nitrogen and oxygen atoms in total. The number of benzene rings is 2. The van der Waals surface area contributed by atoms with E-state index in [1.807, 2.05) is 6.92 Å². The monoisotopic (exact) mass is 434 g/mol. The molecule has 0 atom stereocenters. The Hall–Kier alpha value is -2.54. The van der Waals surface area contributed by atoms with Gasteiger partial charge in [-0.05, 0) is 49.2 Å². The Labute approximate surface area is 165 Å². The first kappa shape index (κ1) is 19.2. The second kappa shape index (κ2) is 8.00. The predicted octanol–water partition coefficient (Wildman–Crippen LogP) is 4.37. The highest BCUT2D eigenvalue weighted by Gasteiger charge is 2.15. The van der Waals surface area contributed by atoms with Gasteiger partial charge in [0, 0.05) is 27.7 Å². The fourth-order valence-corrected chi connectivity index (χ4v) is 3.68. The highest BCUT2D eigenvalue weighted by atomic mass is 79.9. The van der Waals surface area contributed by atoms with Gasteiger partial charge in [-0.3, -0.25) is 4.79 Å². The first-order chi connectivity index (χ1) is 13.0. The van der Waals surface area contributed by atoms with E-state index >= 15 is 0 Å². The Morgan fingerprint density at radius 2 is 1.93 bits per heavy atom. The zero-order chi connectivity index (χ0) is 19.6. The van der Waals surface area contributed by atoms with Crippen LogP contribution in [-0.2, 0) is 6.42 Å². The molecule has 3 rings (SSSR count). The fraction of sp³-hybridized carbons (Fsp3) is 0.250. The van der Waals surface area contributed by atoms with Crippen LogP contribution in [-0.4, -0.2) is 31.7 Å². The van der Waals surface area contributed by atoms with Gasteiger partial charge in [-0.1, -0.05) is 15.9 Å². The molecule has 0 aliphatic heterocycles. The molecule has 2 aromatic carbocycles. The lowest BCUT2D eigenvalue weighted by atomic mass is 10.1. The van der Waals surface area contributed by atoms with E-state index in [1.165, 1.54) is 13.2 Å². The summed E-state index contributed by atoms with van der Waals surface area (Å²) in [6, 6.07) is 8.12. The number of hydrogen-bond acceptors (Lipinski definition) is 3. The normalized spacial score (nSPS) is 10.9. The van der Waals surface area contributed by atoms with Gasteiger partial charge in [0.05, 0.1) is 19.7 Å². The lowest BCUT2D eigenvalue weighted by Gasteiger charge is -2.10. The zero-order valence-electron chi connectivity index (χ0n) is 15.3. The molecule has 1 amide bonds. The van der Waals surface area contributed by atoms with Gasteiger partial charge in [0.1, 0.15) is 5.82 Å². The Bertz CT molecular complexity index is 1000. The highest BCUT2D eigenvalue weighted by Crippen LogP contribution is 2.31. The highest BCUT2D eigenvalue weighted by molar-refractivity contribution is 9.10. The van der Waals surface area contributed by atoms with E-state index in [0.29, 0.717) is 35.5 Å². The first-order valence-electron chi connectivity index (χ1n) is 8.41. The number of hydrogen-bond donors (Lipinski definition) is 2. The summed E-state index contributed by atoms with van der Waals surface area (Å²) < 4.78 is 25.3. The van der Waals surface area contributed by atoms with Crippen LogP contribution >= 0.6 is 15.9 Å². The molecule has 0 saturated carbocycles. The van der Waals surface area contributed by atoms with Crippen LogP contribution in [0.2, 0.25) is 0 Å². The molecule has 2 N–H and O–H groups in total. The summed E-state index contributed by atoms with van der Waals surface area (Å²) in [6.45, 7) is 2.32. The number of halogens is 2. The maximum atomic E-state index is 14.0. The fourth-order valence-electron chi connectivity index (χ4n) is 3.11. The summed E-state index contributed by atoms with van der Waals surface area (Å²) in [5, 5.41) is 3.71. The number of amides is 1. The van der Waals surface area contributed by atoms with Crippen molar-refractivity contribution in [2.75, 3.05) is 20.8 Å². The minimum atomic E-state index is -0.295. The molecule has 0 spiro atoms. The zero-order valence-corrected chi connectivity index (χ0v) is 16.9. The minimum absolute atomic E-state index is 0.210. The summed E-state index contributed by atoms with van der Waals surface area (Å²) >= 11 is 3.48. The van der Waals surface area contributed by atoms with Crippen molar-refractivity contribution in [1.82, 2.24) is 10.3 Å². The third-order valence-electron chi connectivity index (χ3n) is 4.48. The van der Waals surface area contributed by atoms with Gasteiger partial charge in [-0.25, -0.2) is 4.39 Å². The molecule has 3 aromatic rings. The molecule has 7 heteroatoms. The number of methoxy groups -OCH3 is 2. The van der Waals surface area contributed by atoms with Crippen LogP contribution in [0.3, 0.4) is 0 Å². The van der Waals surface area contributed by atoms with Gasteiger partial charge in [0.15, 0.2) is 11.5 Å². The molecule has 0 aliphatic carbocycles. The Morgan fingerprint density at radius 3 is 2.63 bits per heavy atom. The molecule has 0 unspecified atom stereocenters. The Balaban J connectivity index is 1.74. The van der Waals surface area contributed by atoms with E-state index in [0.717, 1.165) is 21.1 Å². The molecule has 0 fully saturated rings. The number of rotatable bonds is 6.